The van der Waals surface area contributed by atoms with Crippen LogP contribution in [0.4, 0.5) is 10.8 Å². The topological polar surface area (TPSA) is 80.5 Å². The van der Waals surface area contributed by atoms with E-state index >= 15 is 0 Å². The van der Waals surface area contributed by atoms with Crippen LogP contribution < -0.4 is 15.8 Å². The van der Waals surface area contributed by atoms with E-state index in [1.807, 2.05) is 24.3 Å². The highest BCUT2D eigenvalue weighted by Crippen LogP contribution is 2.25. The maximum atomic E-state index is 11.3. The lowest BCUT2D eigenvalue weighted by molar-refractivity contribution is -0.123. The number of likely N-dealkylation sites (tertiary alicyclic amines) is 1. The molecule has 1 fully saturated rings. The van der Waals surface area contributed by atoms with Gasteiger partial charge in [0.1, 0.15) is 5.75 Å². The van der Waals surface area contributed by atoms with Crippen LogP contribution >= 0.6 is 11.3 Å². The first-order chi connectivity index (χ1) is 15.1. The SMILES string of the molecule is CCCCCCCCOc1ccc(Nc2nc(CN3CCC(C(N)=O)CC3)cs2)cc1. The molecule has 7 heteroatoms. The second-order valence-electron chi connectivity index (χ2n) is 8.36. The minimum atomic E-state index is -0.168. The molecule has 0 spiro atoms. The number of rotatable bonds is 13. The van der Waals surface area contributed by atoms with Crippen molar-refractivity contribution in [1.29, 1.82) is 0 Å². The highest BCUT2D eigenvalue weighted by Gasteiger charge is 2.23. The van der Waals surface area contributed by atoms with Crippen molar-refractivity contribution in [3.63, 3.8) is 0 Å². The fourth-order valence-corrected chi connectivity index (χ4v) is 4.59. The van der Waals surface area contributed by atoms with E-state index in [4.69, 9.17) is 15.5 Å². The van der Waals surface area contributed by atoms with Crippen molar-refractivity contribution < 1.29 is 9.53 Å². The van der Waals surface area contributed by atoms with Gasteiger partial charge in [-0.3, -0.25) is 9.69 Å². The highest BCUT2D eigenvalue weighted by molar-refractivity contribution is 7.13. The summed E-state index contributed by atoms with van der Waals surface area (Å²) >= 11 is 1.61. The van der Waals surface area contributed by atoms with Crippen molar-refractivity contribution in [2.75, 3.05) is 25.0 Å². The van der Waals surface area contributed by atoms with Crippen LogP contribution in [0.1, 0.15) is 64.0 Å². The van der Waals surface area contributed by atoms with Gasteiger partial charge in [0.25, 0.3) is 0 Å². The number of benzene rings is 1. The second-order valence-corrected chi connectivity index (χ2v) is 9.22. The van der Waals surface area contributed by atoms with Crippen molar-refractivity contribution in [2.24, 2.45) is 11.7 Å². The zero-order valence-corrected chi connectivity index (χ0v) is 19.5. The lowest BCUT2D eigenvalue weighted by Gasteiger charge is -2.29. The highest BCUT2D eigenvalue weighted by atomic mass is 32.1. The molecule has 0 unspecified atom stereocenters. The summed E-state index contributed by atoms with van der Waals surface area (Å²) in [4.78, 5) is 18.4. The smallest absolute Gasteiger partial charge is 0.220 e. The molecule has 1 amide bonds. The molecule has 0 saturated carbocycles. The zero-order valence-electron chi connectivity index (χ0n) is 18.6. The Morgan fingerprint density at radius 1 is 1.16 bits per heavy atom. The van der Waals surface area contributed by atoms with E-state index in [-0.39, 0.29) is 11.8 Å². The van der Waals surface area contributed by atoms with E-state index in [0.717, 1.165) is 67.8 Å². The minimum absolute atomic E-state index is 0.0293. The Hall–Kier alpha value is -2.12. The van der Waals surface area contributed by atoms with Crippen molar-refractivity contribution in [3.8, 4) is 5.75 Å². The van der Waals surface area contributed by atoms with Crippen LogP contribution in [0.2, 0.25) is 0 Å². The van der Waals surface area contributed by atoms with E-state index in [1.165, 1.54) is 32.1 Å². The molecule has 6 nitrogen and oxygen atoms in total. The van der Waals surface area contributed by atoms with E-state index in [0.29, 0.717) is 0 Å². The molecule has 3 rings (SSSR count). The molecule has 31 heavy (non-hydrogen) atoms. The number of nitrogens with zero attached hydrogens (tertiary/aromatic N) is 2. The number of nitrogens with two attached hydrogens (primary N) is 1. The van der Waals surface area contributed by atoms with Gasteiger partial charge in [-0.1, -0.05) is 39.0 Å². The third-order valence-electron chi connectivity index (χ3n) is 5.80. The molecule has 170 valence electrons. The number of carbonyl (C=O) groups is 1. The van der Waals surface area contributed by atoms with Gasteiger partial charge < -0.3 is 15.8 Å². The van der Waals surface area contributed by atoms with Crippen LogP contribution in [-0.4, -0.2) is 35.5 Å². The molecule has 1 aliphatic rings. The fourth-order valence-electron chi connectivity index (χ4n) is 3.87. The molecule has 0 bridgehead atoms. The number of carbonyl (C=O) groups excluding carboxylic acids is 1. The predicted octanol–water partition coefficient (Wildman–Crippen LogP) is 5.32. The van der Waals surface area contributed by atoms with E-state index in [1.54, 1.807) is 11.3 Å². The maximum Gasteiger partial charge on any atom is 0.220 e. The summed E-state index contributed by atoms with van der Waals surface area (Å²) < 4.78 is 5.85. The molecule has 1 aliphatic heterocycles. The van der Waals surface area contributed by atoms with Crippen molar-refractivity contribution >= 4 is 28.1 Å². The molecule has 1 saturated heterocycles. The average Bonchev–Trinajstić information content (AvgIpc) is 3.21. The first-order valence-corrected chi connectivity index (χ1v) is 12.5. The Balaban J connectivity index is 1.37. The lowest BCUT2D eigenvalue weighted by Crippen LogP contribution is -2.38. The van der Waals surface area contributed by atoms with Gasteiger partial charge in [0, 0.05) is 23.5 Å². The average molecular weight is 445 g/mol. The summed E-state index contributed by atoms with van der Waals surface area (Å²) in [6.45, 7) is 5.63. The number of piperidine rings is 1. The largest absolute Gasteiger partial charge is 0.494 e. The fraction of sp³-hybridized carbons (Fsp3) is 0.583. The Labute approximate surface area is 190 Å². The van der Waals surface area contributed by atoms with Gasteiger partial charge >= 0.3 is 0 Å². The van der Waals surface area contributed by atoms with Crippen molar-refractivity contribution in [3.05, 3.63) is 35.3 Å². The van der Waals surface area contributed by atoms with E-state index in [9.17, 15) is 4.79 Å². The number of hydrogen-bond donors (Lipinski definition) is 2. The molecular formula is C24H36N4O2S. The van der Waals surface area contributed by atoms with Gasteiger partial charge in [-0.2, -0.15) is 0 Å². The number of anilines is 2. The number of aromatic nitrogens is 1. The van der Waals surface area contributed by atoms with Gasteiger partial charge in [-0.15, -0.1) is 11.3 Å². The van der Waals surface area contributed by atoms with Crippen LogP contribution in [0.15, 0.2) is 29.6 Å². The number of amides is 1. The molecule has 2 aromatic rings. The van der Waals surface area contributed by atoms with Gasteiger partial charge in [0.2, 0.25) is 5.91 Å². The standard InChI is InChI=1S/C24H36N4O2S/c1-2-3-4-5-6-7-16-30-22-10-8-20(9-11-22)26-24-27-21(18-31-24)17-28-14-12-19(13-15-28)23(25)29/h8-11,18-19H,2-7,12-17H2,1H3,(H2,25,29)(H,26,27). The van der Waals surface area contributed by atoms with Crippen LogP contribution in [0, 0.1) is 5.92 Å². The van der Waals surface area contributed by atoms with Crippen LogP contribution in [0.25, 0.3) is 0 Å². The van der Waals surface area contributed by atoms with Crippen LogP contribution in [0.3, 0.4) is 0 Å². The van der Waals surface area contributed by atoms with Gasteiger partial charge in [-0.25, -0.2) is 4.98 Å². The molecule has 1 aromatic carbocycles. The van der Waals surface area contributed by atoms with E-state index in [2.05, 4.69) is 22.5 Å². The Kier molecular flexibility index (Phi) is 9.62. The second kappa shape index (κ2) is 12.7. The molecule has 1 aromatic heterocycles. The quantitative estimate of drug-likeness (QED) is 0.409. The molecule has 2 heterocycles. The van der Waals surface area contributed by atoms with Gasteiger partial charge in [0.15, 0.2) is 5.13 Å². The van der Waals surface area contributed by atoms with Gasteiger partial charge in [-0.05, 0) is 56.6 Å². The molecule has 0 atom stereocenters. The van der Waals surface area contributed by atoms with E-state index < -0.39 is 0 Å². The van der Waals surface area contributed by atoms with Crippen molar-refractivity contribution in [2.45, 2.75) is 64.8 Å². The summed E-state index contributed by atoms with van der Waals surface area (Å²) in [5.74, 6) is 0.776. The first-order valence-electron chi connectivity index (χ1n) is 11.6. The maximum absolute atomic E-state index is 11.3. The van der Waals surface area contributed by atoms with Crippen LogP contribution in [0.5, 0.6) is 5.75 Å². The number of primary amides is 1. The van der Waals surface area contributed by atoms with Crippen LogP contribution in [-0.2, 0) is 11.3 Å². The number of nitrogens with one attached hydrogen (secondary N) is 1. The Bertz CT molecular complexity index is 785. The summed E-state index contributed by atoms with van der Waals surface area (Å²) in [5.41, 5.74) is 7.49. The summed E-state index contributed by atoms with van der Waals surface area (Å²) in [6, 6.07) is 8.09. The first kappa shape index (κ1) is 23.5. The number of unbranched alkanes of at least 4 members (excludes halogenated alkanes) is 5. The van der Waals surface area contributed by atoms with Gasteiger partial charge in [0.05, 0.1) is 12.3 Å². The monoisotopic (exact) mass is 444 g/mol. The zero-order chi connectivity index (χ0) is 21.9. The van der Waals surface area contributed by atoms with Crippen molar-refractivity contribution in [1.82, 2.24) is 9.88 Å². The number of ether oxygens (including phenoxy) is 1. The summed E-state index contributed by atoms with van der Waals surface area (Å²) in [6.07, 6.45) is 9.32. The molecular weight excluding hydrogens is 408 g/mol. The molecule has 3 N–H and O–H groups in total. The molecule has 0 radical (unpaired) electrons. The molecule has 0 aliphatic carbocycles. The third kappa shape index (κ3) is 8.15. The third-order valence-corrected chi connectivity index (χ3v) is 6.61. The minimum Gasteiger partial charge on any atom is -0.494 e. The number of hydrogen-bond acceptors (Lipinski definition) is 6. The Morgan fingerprint density at radius 3 is 2.58 bits per heavy atom. The number of thiazole rings is 1. The normalized spacial score (nSPS) is 15.1. The summed E-state index contributed by atoms with van der Waals surface area (Å²) in [7, 11) is 0. The predicted molar refractivity (Wildman–Crippen MR) is 128 cm³/mol. The Morgan fingerprint density at radius 2 is 1.87 bits per heavy atom. The summed E-state index contributed by atoms with van der Waals surface area (Å²) in [5, 5.41) is 6.37. The lowest BCUT2D eigenvalue weighted by atomic mass is 9.96.